The first-order valence-electron chi connectivity index (χ1n) is 7.68. The second-order valence-electron chi connectivity index (χ2n) is 8.21. The average molecular weight is 303 g/mol. The number of rotatable bonds is 4. The van der Waals surface area contributed by atoms with E-state index in [0.29, 0.717) is 0 Å². The summed E-state index contributed by atoms with van der Waals surface area (Å²) >= 11 is 0. The van der Waals surface area contributed by atoms with Gasteiger partial charge in [0, 0.05) is 7.59 Å². The van der Waals surface area contributed by atoms with Crippen molar-refractivity contribution in [1.29, 1.82) is 0 Å². The first-order chi connectivity index (χ1) is 7.97. The van der Waals surface area contributed by atoms with E-state index in [0.717, 1.165) is 0 Å². The van der Waals surface area contributed by atoms with Crippen LogP contribution in [0.25, 0.3) is 0 Å². The zero-order valence-electron chi connectivity index (χ0n) is 13.9. The zero-order valence-corrected chi connectivity index (χ0v) is 16.9. The van der Waals surface area contributed by atoms with E-state index in [2.05, 4.69) is 53.1 Å². The third-order valence-corrected chi connectivity index (χ3v) is 46.4. The standard InChI is InChI=1S/C14H34OSi3/c1-9-10-11-12-14(2)13-16(3,4)18(7,8)17(5,6)15-14/h9-13H2,1-8H3. The van der Waals surface area contributed by atoms with Crippen molar-refractivity contribution >= 4 is 22.5 Å². The molecular formula is C14H34OSi3. The largest absolute Gasteiger partial charge is 0.415 e. The highest BCUT2D eigenvalue weighted by molar-refractivity contribution is 7.67. The van der Waals surface area contributed by atoms with E-state index >= 15 is 0 Å². The van der Waals surface area contributed by atoms with E-state index in [-0.39, 0.29) is 5.60 Å². The second kappa shape index (κ2) is 5.19. The summed E-state index contributed by atoms with van der Waals surface area (Å²) in [5, 5.41) is 0. The van der Waals surface area contributed by atoms with Crippen LogP contribution in [-0.4, -0.2) is 28.1 Å². The Kier molecular flexibility index (Phi) is 4.80. The van der Waals surface area contributed by atoms with Crippen molar-refractivity contribution in [3.05, 3.63) is 0 Å². The number of hydrogen-bond donors (Lipinski definition) is 0. The quantitative estimate of drug-likeness (QED) is 0.516. The first-order valence-corrected chi connectivity index (χ1v) is 18.8. The normalized spacial score (nSPS) is 33.3. The van der Waals surface area contributed by atoms with Crippen molar-refractivity contribution in [3.63, 3.8) is 0 Å². The molecule has 0 N–H and O–H groups in total. The van der Waals surface area contributed by atoms with Gasteiger partial charge in [-0.1, -0.05) is 52.4 Å². The van der Waals surface area contributed by atoms with Gasteiger partial charge in [-0.25, -0.2) is 0 Å². The molecule has 1 aliphatic rings. The van der Waals surface area contributed by atoms with Gasteiger partial charge in [0.1, 0.15) is 0 Å². The fourth-order valence-corrected chi connectivity index (χ4v) is 34.4. The molecule has 1 unspecified atom stereocenters. The molecule has 0 aromatic carbocycles. The molecule has 1 nitrogen and oxygen atoms in total. The summed E-state index contributed by atoms with van der Waals surface area (Å²) in [7, 11) is -3.65. The molecule has 1 saturated heterocycles. The maximum atomic E-state index is 6.79. The number of unbranched alkanes of at least 4 members (excludes halogenated alkanes) is 2. The van der Waals surface area contributed by atoms with Crippen LogP contribution in [0.5, 0.6) is 0 Å². The van der Waals surface area contributed by atoms with Gasteiger partial charge < -0.3 is 4.43 Å². The SMILES string of the molecule is CCCCCC1(C)C[Si](C)(C)[Si](C)(C)[Si](C)(C)O1. The fraction of sp³-hybridized carbons (Fsp3) is 1.00. The topological polar surface area (TPSA) is 9.23 Å². The minimum atomic E-state index is -1.45. The molecule has 0 spiro atoms. The first kappa shape index (κ1) is 16.7. The maximum absolute atomic E-state index is 6.79. The van der Waals surface area contributed by atoms with Crippen LogP contribution >= 0.6 is 0 Å². The van der Waals surface area contributed by atoms with E-state index in [4.69, 9.17) is 4.43 Å². The van der Waals surface area contributed by atoms with Gasteiger partial charge in [0.2, 0.25) is 0 Å². The van der Waals surface area contributed by atoms with Crippen molar-refractivity contribution in [2.45, 2.75) is 90.5 Å². The van der Waals surface area contributed by atoms with Gasteiger partial charge in [-0.05, 0) is 32.5 Å². The summed E-state index contributed by atoms with van der Waals surface area (Å²) in [6.45, 7) is 20.3. The second-order valence-corrected chi connectivity index (χ2v) is 35.5. The minimum absolute atomic E-state index is 0.211. The Morgan fingerprint density at radius 3 is 2.00 bits per heavy atom. The van der Waals surface area contributed by atoms with Gasteiger partial charge in [0.15, 0.2) is 7.83 Å². The highest BCUT2D eigenvalue weighted by Gasteiger charge is 2.61. The number of hydrogen-bond acceptors (Lipinski definition) is 1. The van der Waals surface area contributed by atoms with Gasteiger partial charge in [-0.3, -0.25) is 0 Å². The van der Waals surface area contributed by atoms with Crippen molar-refractivity contribution in [2.24, 2.45) is 0 Å². The lowest BCUT2D eigenvalue weighted by atomic mass is 10.0. The third-order valence-electron chi connectivity index (χ3n) is 5.82. The van der Waals surface area contributed by atoms with E-state index in [9.17, 15) is 0 Å². The van der Waals surface area contributed by atoms with Crippen LogP contribution in [0.4, 0.5) is 0 Å². The molecule has 4 heteroatoms. The lowest BCUT2D eigenvalue weighted by Crippen LogP contribution is -2.78. The lowest BCUT2D eigenvalue weighted by molar-refractivity contribution is 0.0879. The molecule has 1 heterocycles. The Balaban J connectivity index is 2.89. The fourth-order valence-electron chi connectivity index (χ4n) is 3.64. The molecule has 1 fully saturated rings. The van der Waals surface area contributed by atoms with Crippen LogP contribution < -0.4 is 0 Å². The molecule has 0 aliphatic carbocycles. The highest BCUT2D eigenvalue weighted by atomic mass is 29.6. The molecule has 1 atom stereocenters. The van der Waals surface area contributed by atoms with E-state index < -0.39 is 22.5 Å². The monoisotopic (exact) mass is 302 g/mol. The molecule has 18 heavy (non-hydrogen) atoms. The predicted octanol–water partition coefficient (Wildman–Crippen LogP) is 5.13. The van der Waals surface area contributed by atoms with Crippen molar-refractivity contribution < 1.29 is 4.43 Å². The molecular weight excluding hydrogens is 268 g/mol. The van der Waals surface area contributed by atoms with E-state index in [1.165, 1.54) is 31.7 Å². The van der Waals surface area contributed by atoms with E-state index in [1.54, 1.807) is 0 Å². The summed E-state index contributed by atoms with van der Waals surface area (Å²) < 4.78 is 6.79. The summed E-state index contributed by atoms with van der Waals surface area (Å²) in [6, 6.07) is 1.40. The Morgan fingerprint density at radius 2 is 1.56 bits per heavy atom. The Bertz CT molecular complexity index is 277. The predicted molar refractivity (Wildman–Crippen MR) is 90.9 cm³/mol. The van der Waals surface area contributed by atoms with Gasteiger partial charge in [0.25, 0.3) is 0 Å². The van der Waals surface area contributed by atoms with Crippen LogP contribution in [-0.2, 0) is 4.43 Å². The van der Waals surface area contributed by atoms with Crippen molar-refractivity contribution in [3.8, 4) is 0 Å². The Morgan fingerprint density at radius 1 is 1.00 bits per heavy atom. The van der Waals surface area contributed by atoms with Crippen LogP contribution in [0.1, 0.15) is 39.5 Å². The summed E-state index contributed by atoms with van der Waals surface area (Å²) in [4.78, 5) is 0. The van der Waals surface area contributed by atoms with Crippen LogP contribution in [0.2, 0.25) is 45.3 Å². The Labute approximate surface area is 117 Å². The van der Waals surface area contributed by atoms with Gasteiger partial charge in [0.05, 0.1) is 12.7 Å². The summed E-state index contributed by atoms with van der Waals surface area (Å²) in [6.07, 6.45) is 5.32. The smallest absolute Gasteiger partial charge is 0.172 e. The Hall–Kier alpha value is 0.611. The molecule has 1 rings (SSSR count). The molecule has 0 aromatic rings. The molecule has 1 aliphatic heterocycles. The van der Waals surface area contributed by atoms with Crippen molar-refractivity contribution in [2.75, 3.05) is 0 Å². The van der Waals surface area contributed by atoms with Crippen LogP contribution in [0.15, 0.2) is 0 Å². The highest BCUT2D eigenvalue weighted by Crippen LogP contribution is 2.45. The van der Waals surface area contributed by atoms with Crippen LogP contribution in [0, 0.1) is 0 Å². The molecule has 0 radical (unpaired) electrons. The minimum Gasteiger partial charge on any atom is -0.415 e. The third kappa shape index (κ3) is 3.02. The molecule has 108 valence electrons. The van der Waals surface area contributed by atoms with Gasteiger partial charge in [-0.15, -0.1) is 0 Å². The molecule has 0 amide bonds. The molecule has 0 saturated carbocycles. The van der Waals surface area contributed by atoms with Gasteiger partial charge >= 0.3 is 0 Å². The molecule has 0 aromatic heterocycles. The average Bonchev–Trinajstić information content (AvgIpc) is 2.13. The molecule has 0 bridgehead atoms. The van der Waals surface area contributed by atoms with E-state index in [1.807, 2.05) is 0 Å². The summed E-state index contributed by atoms with van der Waals surface area (Å²) in [5.74, 6) is 0. The lowest BCUT2D eigenvalue weighted by Gasteiger charge is -2.58. The zero-order chi connectivity index (χ0) is 14.2. The maximum Gasteiger partial charge on any atom is 0.172 e. The van der Waals surface area contributed by atoms with Gasteiger partial charge in [-0.2, -0.15) is 0 Å². The summed E-state index contributed by atoms with van der Waals surface area (Å²) in [5.41, 5.74) is 0.211. The van der Waals surface area contributed by atoms with Crippen molar-refractivity contribution in [1.82, 2.24) is 0 Å². The van der Waals surface area contributed by atoms with Crippen LogP contribution in [0.3, 0.4) is 0 Å².